The van der Waals surface area contributed by atoms with Gasteiger partial charge in [0.1, 0.15) is 0 Å². The summed E-state index contributed by atoms with van der Waals surface area (Å²) in [6.45, 7) is 27.3. The van der Waals surface area contributed by atoms with Crippen LogP contribution in [0.4, 0.5) is 0 Å². The van der Waals surface area contributed by atoms with Crippen molar-refractivity contribution in [2.24, 2.45) is 0 Å². The average molecular weight is 515 g/mol. The molecule has 0 atom stereocenters. The zero-order chi connectivity index (χ0) is 15.9. The van der Waals surface area contributed by atoms with Crippen molar-refractivity contribution >= 4 is 60.7 Å². The molecule has 0 aromatic heterocycles. The largest absolute Gasteiger partial charge is 0.0715 e. The van der Waals surface area contributed by atoms with Crippen molar-refractivity contribution in [3.8, 4) is 0 Å². The fourth-order valence-corrected chi connectivity index (χ4v) is 0. The molecule has 0 rings (SSSR count). The number of hydrogen-bond acceptors (Lipinski definition) is 1. The Morgan fingerprint density at radius 1 is 0.611 bits per heavy atom. The first kappa shape index (κ1) is 28.0. The van der Waals surface area contributed by atoms with Gasteiger partial charge in [-0.3, -0.25) is 0 Å². The Hall–Kier alpha value is 1.75. The van der Waals surface area contributed by atoms with Crippen molar-refractivity contribution in [1.82, 2.24) is 2.79 Å². The predicted molar refractivity (Wildman–Crippen MR) is 102 cm³/mol. The molecular weight excluding hydrogens is 478 g/mol. The standard InChI is InChI=1S/C3H10NSi.3C3H9Si.Pb/c1-5(2,3)4;3*1-4(2)3;/h4H,1-3H3;3*1-3H3;/q-1;;;;+1. The molecule has 6 radical (unpaired) electrons. The first-order valence-corrected chi connectivity index (χ1v) is 20.9. The third-order valence-corrected chi connectivity index (χ3v) is 9.87. The molecule has 0 aliphatic heterocycles. The summed E-state index contributed by atoms with van der Waals surface area (Å²) in [5.74, 6) is 0. The Kier molecular flexibility index (Phi) is 29.2. The maximum absolute atomic E-state index is 3.38. The second-order valence-electron chi connectivity index (χ2n) is 6.88. The van der Waals surface area contributed by atoms with Crippen LogP contribution >= 0.6 is 0 Å². The summed E-state index contributed by atoms with van der Waals surface area (Å²) in [4.78, 5) is 0. The summed E-state index contributed by atoms with van der Waals surface area (Å²) in [6, 6.07) is 0. The van der Waals surface area contributed by atoms with E-state index in [1.165, 1.54) is 0 Å². The molecule has 0 unspecified atom stereocenters. The van der Waals surface area contributed by atoms with Crippen LogP contribution < -0.4 is 2.79 Å². The smallest absolute Gasteiger partial charge is 0.0379 e. The molecule has 0 bridgehead atoms. The van der Waals surface area contributed by atoms with Gasteiger partial charge >= 0.3 is 56.7 Å². The van der Waals surface area contributed by atoms with Crippen LogP contribution in [0.5, 0.6) is 0 Å². The van der Waals surface area contributed by atoms with Gasteiger partial charge in [-0.05, 0) is 0 Å². The minimum absolute atomic E-state index is 0.120. The van der Waals surface area contributed by atoms with Crippen LogP contribution in [0, 0.1) is 0 Å². The Labute approximate surface area is 141 Å². The molecule has 0 aliphatic carbocycles. The molecular formula is C12H37NPbSi4. The van der Waals surface area contributed by atoms with Crippen molar-refractivity contribution in [3.05, 3.63) is 0 Å². The van der Waals surface area contributed by atoms with Gasteiger partial charge in [-0.15, -0.1) is 0 Å². The third kappa shape index (κ3) is 221. The van der Waals surface area contributed by atoms with Crippen LogP contribution in [-0.2, 0) is 0 Å². The van der Waals surface area contributed by atoms with Crippen molar-refractivity contribution < 1.29 is 0 Å². The Morgan fingerprint density at radius 3 is 0.667 bits per heavy atom. The van der Waals surface area contributed by atoms with Crippen LogP contribution in [0.15, 0.2) is 0 Å². The number of nitrogens with one attached hydrogen (secondary N) is 1. The molecule has 18 heavy (non-hydrogen) atoms. The molecule has 6 heteroatoms. The summed E-state index contributed by atoms with van der Waals surface area (Å²) in [6.07, 6.45) is 0. The quantitative estimate of drug-likeness (QED) is 0.504. The molecule has 0 aromatic rings. The first-order chi connectivity index (χ1) is 7.76. The van der Waals surface area contributed by atoms with Gasteiger partial charge < -0.3 is 0 Å². The summed E-state index contributed by atoms with van der Waals surface area (Å²) < 4.78 is 3.38. The van der Waals surface area contributed by atoms with Crippen LogP contribution in [0.2, 0.25) is 78.6 Å². The van der Waals surface area contributed by atoms with Gasteiger partial charge in [-0.2, -0.15) is 0 Å². The van der Waals surface area contributed by atoms with Crippen LogP contribution in [-0.4, -0.2) is 60.7 Å². The molecule has 0 saturated carbocycles. The van der Waals surface area contributed by atoms with Gasteiger partial charge in [-0.25, -0.2) is 0 Å². The monoisotopic (exact) mass is 515 g/mol. The number of hydrogen-bond donors (Lipinski definition) is 1. The minimum Gasteiger partial charge on any atom is -0.0715 e. The summed E-state index contributed by atoms with van der Waals surface area (Å²) >= 11 is 1.16. The molecule has 1 nitrogen and oxygen atoms in total. The maximum Gasteiger partial charge on any atom is 0.0379 e. The second kappa shape index (κ2) is 18.7. The van der Waals surface area contributed by atoms with Gasteiger partial charge in [0, 0.05) is 26.4 Å². The van der Waals surface area contributed by atoms with Crippen molar-refractivity contribution in [3.63, 3.8) is 0 Å². The molecule has 0 aromatic carbocycles. The van der Waals surface area contributed by atoms with Gasteiger partial charge in [0.15, 0.2) is 0 Å². The summed E-state index contributed by atoms with van der Waals surface area (Å²) in [7, 11) is -0.458. The van der Waals surface area contributed by atoms with E-state index >= 15 is 0 Å². The van der Waals surface area contributed by atoms with E-state index in [-0.39, 0.29) is 26.4 Å². The Morgan fingerprint density at radius 2 is 0.667 bits per heavy atom. The average Bonchev–Trinajstić information content (AvgIpc) is 1.99. The van der Waals surface area contributed by atoms with Crippen molar-refractivity contribution in [2.75, 3.05) is 0 Å². The van der Waals surface area contributed by atoms with E-state index in [0.717, 1.165) is 26.1 Å². The molecule has 0 saturated heterocycles. The van der Waals surface area contributed by atoms with E-state index in [9.17, 15) is 0 Å². The fourth-order valence-electron chi connectivity index (χ4n) is 0. The summed E-state index contributed by atoms with van der Waals surface area (Å²) in [5, 5.41) is 0. The SMILES string of the molecule is C[Si](C)(C)[NH][Pb].C[Si](C)C.C[Si](C)C.C[Si](C)C. The molecule has 0 amide bonds. The molecule has 0 fully saturated rings. The van der Waals surface area contributed by atoms with Gasteiger partial charge in [-0.1, -0.05) is 58.9 Å². The second-order valence-corrected chi connectivity index (χ2v) is 23.5. The number of rotatable bonds is 1. The van der Waals surface area contributed by atoms with Gasteiger partial charge in [0.25, 0.3) is 0 Å². The maximum atomic E-state index is 3.38. The van der Waals surface area contributed by atoms with Crippen LogP contribution in [0.1, 0.15) is 0 Å². The molecule has 110 valence electrons. The van der Waals surface area contributed by atoms with Gasteiger partial charge in [0.05, 0.1) is 0 Å². The fraction of sp³-hybridized carbons (Fsp3) is 1.00. The topological polar surface area (TPSA) is 12.0 Å². The molecule has 1 N–H and O–H groups in total. The normalized spacial score (nSPS) is 10.0. The zero-order valence-electron chi connectivity index (χ0n) is 15.0. The predicted octanol–water partition coefficient (Wildman–Crippen LogP) is 4.61. The molecule has 0 spiro atoms. The molecule has 0 heterocycles. The Bertz CT molecular complexity index is 114. The van der Waals surface area contributed by atoms with Crippen LogP contribution in [0.3, 0.4) is 0 Å². The van der Waals surface area contributed by atoms with E-state index in [4.69, 9.17) is 0 Å². The van der Waals surface area contributed by atoms with Crippen molar-refractivity contribution in [1.29, 1.82) is 0 Å². The van der Waals surface area contributed by atoms with E-state index in [1.54, 1.807) is 0 Å². The molecule has 0 aliphatic rings. The Balaban J connectivity index is -0.0000000742. The minimum atomic E-state index is -0.819. The van der Waals surface area contributed by atoms with Gasteiger partial charge in [0.2, 0.25) is 0 Å². The van der Waals surface area contributed by atoms with Crippen molar-refractivity contribution in [2.45, 2.75) is 78.6 Å². The zero-order valence-corrected chi connectivity index (χ0v) is 22.9. The van der Waals surface area contributed by atoms with E-state index in [0.29, 0.717) is 0 Å². The van der Waals surface area contributed by atoms with E-state index in [2.05, 4.69) is 81.4 Å². The third-order valence-electron chi connectivity index (χ3n) is 0.375. The first-order valence-electron chi connectivity index (χ1n) is 6.50. The van der Waals surface area contributed by atoms with Crippen LogP contribution in [0.25, 0.3) is 0 Å². The van der Waals surface area contributed by atoms with E-state index in [1.807, 2.05) is 0 Å². The summed E-state index contributed by atoms with van der Waals surface area (Å²) in [5.41, 5.74) is 0. The van der Waals surface area contributed by atoms with E-state index < -0.39 is 8.24 Å².